The highest BCUT2D eigenvalue weighted by atomic mass is 32.1. The van der Waals surface area contributed by atoms with E-state index in [9.17, 15) is 4.79 Å². The van der Waals surface area contributed by atoms with Crippen molar-refractivity contribution in [1.29, 1.82) is 0 Å². The predicted octanol–water partition coefficient (Wildman–Crippen LogP) is 0.385. The lowest BCUT2D eigenvalue weighted by molar-refractivity contribution is 0.0289. The van der Waals surface area contributed by atoms with Crippen LogP contribution in [0.4, 0.5) is 4.79 Å². The van der Waals surface area contributed by atoms with Crippen LogP contribution >= 0.6 is 12.6 Å². The predicted molar refractivity (Wildman–Crippen MR) is 47.6 cm³/mol. The number of hydrogen-bond donors (Lipinski definition) is 1. The maximum Gasteiger partial charge on any atom is 0.409 e. The lowest BCUT2D eigenvalue weighted by Crippen LogP contribution is -2.41. The molecule has 1 rings (SSSR count). The minimum Gasteiger partial charge on any atom is -0.449 e. The van der Waals surface area contributed by atoms with Gasteiger partial charge in [0, 0.05) is 18.8 Å². The Morgan fingerprint density at radius 2 is 2.17 bits per heavy atom. The van der Waals surface area contributed by atoms with Crippen molar-refractivity contribution in [2.24, 2.45) is 0 Å². The summed E-state index contributed by atoms with van der Waals surface area (Å²) in [6, 6.07) is 0. The molecule has 0 N–H and O–H groups in total. The molecule has 0 aromatic heterocycles. The minimum absolute atomic E-state index is 0.257. The molecule has 0 atom stereocenters. The second-order valence-electron chi connectivity index (χ2n) is 2.44. The van der Waals surface area contributed by atoms with Crippen LogP contribution in [0.2, 0.25) is 0 Å². The summed E-state index contributed by atoms with van der Waals surface area (Å²) in [6.45, 7) is 2.85. The summed E-state index contributed by atoms with van der Waals surface area (Å²) in [5.74, 6) is 0.566. The fraction of sp³-hybridized carbons (Fsp3) is 0.857. The molecule has 5 heteroatoms. The lowest BCUT2D eigenvalue weighted by atomic mass is 10.5. The average molecular weight is 191 g/mol. The van der Waals surface area contributed by atoms with E-state index in [4.69, 9.17) is 9.47 Å². The molecule has 1 amide bonds. The van der Waals surface area contributed by atoms with Gasteiger partial charge in [0.25, 0.3) is 0 Å². The average Bonchev–Trinajstić information content (AvgIpc) is 2.15. The quantitative estimate of drug-likeness (QED) is 0.641. The highest BCUT2D eigenvalue weighted by Gasteiger charge is 2.17. The van der Waals surface area contributed by atoms with E-state index in [2.05, 4.69) is 12.6 Å². The van der Waals surface area contributed by atoms with Gasteiger partial charge in [-0.05, 0) is 0 Å². The van der Waals surface area contributed by atoms with Crippen LogP contribution in [0.25, 0.3) is 0 Å². The molecule has 1 fully saturated rings. The van der Waals surface area contributed by atoms with Crippen molar-refractivity contribution in [2.75, 3.05) is 38.7 Å². The molecule has 1 saturated heterocycles. The van der Waals surface area contributed by atoms with E-state index in [0.717, 1.165) is 0 Å². The van der Waals surface area contributed by atoms with E-state index in [1.54, 1.807) is 4.90 Å². The van der Waals surface area contributed by atoms with Gasteiger partial charge >= 0.3 is 6.09 Å². The molecule has 0 spiro atoms. The molecule has 1 aliphatic rings. The summed E-state index contributed by atoms with van der Waals surface area (Å²) in [4.78, 5) is 12.8. The van der Waals surface area contributed by atoms with Gasteiger partial charge in [0.15, 0.2) is 0 Å². The zero-order valence-corrected chi connectivity index (χ0v) is 7.76. The van der Waals surface area contributed by atoms with E-state index in [-0.39, 0.29) is 6.09 Å². The number of carbonyl (C=O) groups excluding carboxylic acids is 1. The van der Waals surface area contributed by atoms with Crippen molar-refractivity contribution in [2.45, 2.75) is 0 Å². The lowest BCUT2D eigenvalue weighted by Gasteiger charge is -2.25. The van der Waals surface area contributed by atoms with Crippen LogP contribution in [0.5, 0.6) is 0 Å². The molecule has 0 aliphatic carbocycles. The van der Waals surface area contributed by atoms with Crippen LogP contribution in [0.3, 0.4) is 0 Å². The van der Waals surface area contributed by atoms with Crippen molar-refractivity contribution in [3.05, 3.63) is 0 Å². The van der Waals surface area contributed by atoms with E-state index < -0.39 is 0 Å². The number of ether oxygens (including phenoxy) is 2. The van der Waals surface area contributed by atoms with Gasteiger partial charge in [-0.2, -0.15) is 12.6 Å². The first-order valence-electron chi connectivity index (χ1n) is 3.95. The van der Waals surface area contributed by atoms with Crippen molar-refractivity contribution in [3.8, 4) is 0 Å². The van der Waals surface area contributed by atoms with Crippen molar-refractivity contribution in [1.82, 2.24) is 4.90 Å². The Bertz CT molecular complexity index is 148. The summed E-state index contributed by atoms with van der Waals surface area (Å²) in [6.07, 6.45) is -0.257. The number of carbonyl (C=O) groups is 1. The Balaban J connectivity index is 2.20. The Hall–Kier alpha value is -0.420. The molecule has 1 aliphatic heterocycles. The van der Waals surface area contributed by atoms with E-state index in [1.807, 2.05) is 0 Å². The molecule has 0 unspecified atom stereocenters. The summed E-state index contributed by atoms with van der Waals surface area (Å²) < 4.78 is 9.98. The van der Waals surface area contributed by atoms with Gasteiger partial charge in [-0.15, -0.1) is 0 Å². The van der Waals surface area contributed by atoms with Crippen LogP contribution in [-0.2, 0) is 9.47 Å². The standard InChI is InChI=1S/C7H13NO3S/c9-7(11-5-6-12)8-1-3-10-4-2-8/h12H,1-6H2. The number of amides is 1. The molecule has 4 nitrogen and oxygen atoms in total. The Labute approximate surface area is 77.2 Å². The van der Waals surface area contributed by atoms with E-state index in [0.29, 0.717) is 38.7 Å². The molecule has 0 aromatic rings. The fourth-order valence-corrected chi connectivity index (χ4v) is 1.06. The molecule has 0 bridgehead atoms. The molecule has 1 heterocycles. The van der Waals surface area contributed by atoms with Gasteiger partial charge in [0.2, 0.25) is 0 Å². The third-order valence-corrected chi connectivity index (χ3v) is 1.77. The van der Waals surface area contributed by atoms with Gasteiger partial charge < -0.3 is 14.4 Å². The first-order chi connectivity index (χ1) is 5.84. The molecule has 0 radical (unpaired) electrons. The van der Waals surface area contributed by atoms with Crippen LogP contribution in [0, 0.1) is 0 Å². The summed E-state index contributed by atoms with van der Waals surface area (Å²) in [5.41, 5.74) is 0. The first kappa shape index (κ1) is 9.67. The summed E-state index contributed by atoms with van der Waals surface area (Å²) in [5, 5.41) is 0. The molecular weight excluding hydrogens is 178 g/mol. The largest absolute Gasteiger partial charge is 0.449 e. The number of hydrogen-bond acceptors (Lipinski definition) is 4. The summed E-state index contributed by atoms with van der Waals surface area (Å²) >= 11 is 3.94. The molecule has 0 saturated carbocycles. The monoisotopic (exact) mass is 191 g/mol. The second kappa shape index (κ2) is 5.27. The number of nitrogens with zero attached hydrogens (tertiary/aromatic N) is 1. The molecular formula is C7H13NO3S. The maximum absolute atomic E-state index is 11.2. The van der Waals surface area contributed by atoms with Gasteiger partial charge in [0.1, 0.15) is 6.61 Å². The van der Waals surface area contributed by atoms with Crippen LogP contribution in [0.15, 0.2) is 0 Å². The molecule has 12 heavy (non-hydrogen) atoms. The molecule has 0 aromatic carbocycles. The van der Waals surface area contributed by atoms with Gasteiger partial charge in [0.05, 0.1) is 13.2 Å². The third-order valence-electron chi connectivity index (χ3n) is 1.59. The second-order valence-corrected chi connectivity index (χ2v) is 2.88. The summed E-state index contributed by atoms with van der Waals surface area (Å²) in [7, 11) is 0. The fourth-order valence-electron chi connectivity index (χ4n) is 0.970. The SMILES string of the molecule is O=C(OCCS)N1CCOCC1. The topological polar surface area (TPSA) is 38.8 Å². The highest BCUT2D eigenvalue weighted by Crippen LogP contribution is 1.99. The van der Waals surface area contributed by atoms with E-state index in [1.165, 1.54) is 0 Å². The smallest absolute Gasteiger partial charge is 0.409 e. The van der Waals surface area contributed by atoms with Crippen LogP contribution in [-0.4, -0.2) is 49.7 Å². The Morgan fingerprint density at radius 3 is 2.75 bits per heavy atom. The van der Waals surface area contributed by atoms with Crippen LogP contribution < -0.4 is 0 Å². The first-order valence-corrected chi connectivity index (χ1v) is 4.58. The zero-order chi connectivity index (χ0) is 8.81. The van der Waals surface area contributed by atoms with Gasteiger partial charge in [-0.3, -0.25) is 0 Å². The normalized spacial score (nSPS) is 17.6. The highest BCUT2D eigenvalue weighted by molar-refractivity contribution is 7.80. The maximum atomic E-state index is 11.2. The van der Waals surface area contributed by atoms with Gasteiger partial charge in [-0.25, -0.2) is 4.79 Å². The van der Waals surface area contributed by atoms with Gasteiger partial charge in [-0.1, -0.05) is 0 Å². The van der Waals surface area contributed by atoms with Crippen molar-refractivity contribution in [3.63, 3.8) is 0 Å². The Morgan fingerprint density at radius 1 is 1.50 bits per heavy atom. The van der Waals surface area contributed by atoms with E-state index >= 15 is 0 Å². The third kappa shape index (κ3) is 2.91. The number of morpholine rings is 1. The van der Waals surface area contributed by atoms with Crippen LogP contribution in [0.1, 0.15) is 0 Å². The minimum atomic E-state index is -0.257. The zero-order valence-electron chi connectivity index (χ0n) is 6.86. The number of thiol groups is 1. The van der Waals surface area contributed by atoms with Crippen molar-refractivity contribution < 1.29 is 14.3 Å². The molecule has 70 valence electrons. The Kier molecular flexibility index (Phi) is 4.24. The van der Waals surface area contributed by atoms with Crippen molar-refractivity contribution >= 4 is 18.7 Å². The number of rotatable bonds is 2.